The lowest BCUT2D eigenvalue weighted by molar-refractivity contribution is 0.0468. The summed E-state index contributed by atoms with van der Waals surface area (Å²) in [6.07, 6.45) is 10.3. The van der Waals surface area contributed by atoms with Crippen LogP contribution in [0.3, 0.4) is 0 Å². The van der Waals surface area contributed by atoms with Crippen molar-refractivity contribution in [3.8, 4) is 0 Å². The molecule has 0 aromatic carbocycles. The molecule has 1 saturated carbocycles. The highest BCUT2D eigenvalue weighted by Gasteiger charge is 2.12. The van der Waals surface area contributed by atoms with Gasteiger partial charge >= 0.3 is 0 Å². The SMILES string of the molecule is CCNC(=NCCCCOCCOC)NCCOC1CCCCCC1.I. The molecule has 1 fully saturated rings. The maximum atomic E-state index is 6.01. The zero-order valence-electron chi connectivity index (χ0n) is 16.8. The van der Waals surface area contributed by atoms with Crippen molar-refractivity contribution in [1.82, 2.24) is 10.6 Å². The van der Waals surface area contributed by atoms with Gasteiger partial charge in [0, 0.05) is 33.4 Å². The van der Waals surface area contributed by atoms with E-state index in [0.29, 0.717) is 19.3 Å². The zero-order chi connectivity index (χ0) is 18.0. The quantitative estimate of drug-likeness (QED) is 0.138. The normalized spacial score (nSPS) is 16.0. The fraction of sp³-hybridized carbons (Fsp3) is 0.947. The van der Waals surface area contributed by atoms with E-state index in [1.165, 1.54) is 38.5 Å². The van der Waals surface area contributed by atoms with E-state index < -0.39 is 0 Å². The van der Waals surface area contributed by atoms with Gasteiger partial charge in [-0.15, -0.1) is 24.0 Å². The summed E-state index contributed by atoms with van der Waals surface area (Å²) in [4.78, 5) is 4.61. The Morgan fingerprint density at radius 2 is 1.73 bits per heavy atom. The lowest BCUT2D eigenvalue weighted by atomic mass is 10.1. The first kappa shape index (κ1) is 25.9. The first-order valence-electron chi connectivity index (χ1n) is 10.1. The van der Waals surface area contributed by atoms with Crippen molar-refractivity contribution in [2.45, 2.75) is 64.4 Å². The lowest BCUT2D eigenvalue weighted by Crippen LogP contribution is -2.39. The number of aliphatic imine (C=N–C) groups is 1. The van der Waals surface area contributed by atoms with E-state index in [1.807, 2.05) is 0 Å². The third-order valence-electron chi connectivity index (χ3n) is 4.29. The molecule has 1 aliphatic carbocycles. The molecule has 26 heavy (non-hydrogen) atoms. The number of halogens is 1. The van der Waals surface area contributed by atoms with Gasteiger partial charge in [0.1, 0.15) is 0 Å². The molecule has 156 valence electrons. The molecule has 0 bridgehead atoms. The van der Waals surface area contributed by atoms with E-state index in [1.54, 1.807) is 7.11 Å². The summed E-state index contributed by atoms with van der Waals surface area (Å²) in [5.74, 6) is 0.882. The van der Waals surface area contributed by atoms with Crippen molar-refractivity contribution in [3.63, 3.8) is 0 Å². The monoisotopic (exact) mass is 485 g/mol. The van der Waals surface area contributed by atoms with E-state index in [0.717, 1.165) is 51.6 Å². The van der Waals surface area contributed by atoms with Crippen molar-refractivity contribution in [2.24, 2.45) is 4.99 Å². The summed E-state index contributed by atoms with van der Waals surface area (Å²) in [6.45, 7) is 7.44. The summed E-state index contributed by atoms with van der Waals surface area (Å²) in [5.41, 5.74) is 0. The minimum Gasteiger partial charge on any atom is -0.382 e. The minimum atomic E-state index is 0. The Morgan fingerprint density at radius 1 is 0.962 bits per heavy atom. The number of unbranched alkanes of at least 4 members (excludes halogenated alkanes) is 1. The van der Waals surface area contributed by atoms with Crippen molar-refractivity contribution in [2.75, 3.05) is 53.2 Å². The number of ether oxygens (including phenoxy) is 3. The van der Waals surface area contributed by atoms with Crippen LogP contribution in [-0.2, 0) is 14.2 Å². The van der Waals surface area contributed by atoms with E-state index >= 15 is 0 Å². The molecule has 0 aromatic heterocycles. The highest BCUT2D eigenvalue weighted by molar-refractivity contribution is 14.0. The fourth-order valence-corrected chi connectivity index (χ4v) is 2.90. The van der Waals surface area contributed by atoms with Crippen molar-refractivity contribution < 1.29 is 14.2 Å². The summed E-state index contributed by atoms with van der Waals surface area (Å²) in [7, 11) is 1.69. The van der Waals surface area contributed by atoms with Crippen LogP contribution in [0.5, 0.6) is 0 Å². The van der Waals surface area contributed by atoms with Gasteiger partial charge in [0.05, 0.1) is 25.9 Å². The van der Waals surface area contributed by atoms with E-state index in [9.17, 15) is 0 Å². The second kappa shape index (κ2) is 19.6. The molecule has 0 heterocycles. The molecule has 0 aliphatic heterocycles. The fourth-order valence-electron chi connectivity index (χ4n) is 2.90. The molecule has 1 rings (SSSR count). The molecule has 0 spiro atoms. The lowest BCUT2D eigenvalue weighted by Gasteiger charge is -2.16. The molecule has 0 atom stereocenters. The third kappa shape index (κ3) is 15.0. The standard InChI is InChI=1S/C19H39N3O3.HI/c1-3-20-19(21-12-8-9-14-24-17-16-23-2)22-13-15-25-18-10-6-4-5-7-11-18;/h18H,3-17H2,1-2H3,(H2,20,21,22);1H. The molecule has 6 nitrogen and oxygen atoms in total. The van der Waals surface area contributed by atoms with Crippen LogP contribution in [0.25, 0.3) is 0 Å². The summed E-state index contributed by atoms with van der Waals surface area (Å²) >= 11 is 0. The smallest absolute Gasteiger partial charge is 0.191 e. The number of methoxy groups -OCH3 is 1. The van der Waals surface area contributed by atoms with Gasteiger partial charge in [0.15, 0.2) is 5.96 Å². The average Bonchev–Trinajstić information content (AvgIpc) is 2.89. The van der Waals surface area contributed by atoms with Crippen LogP contribution in [0.15, 0.2) is 4.99 Å². The Labute approximate surface area is 177 Å². The molecule has 2 N–H and O–H groups in total. The summed E-state index contributed by atoms with van der Waals surface area (Å²) in [5, 5.41) is 6.65. The second-order valence-corrected chi connectivity index (χ2v) is 6.48. The Hall–Kier alpha value is -0.120. The Morgan fingerprint density at radius 3 is 2.42 bits per heavy atom. The van der Waals surface area contributed by atoms with E-state index in [4.69, 9.17) is 14.2 Å². The van der Waals surface area contributed by atoms with Crippen LogP contribution in [0.2, 0.25) is 0 Å². The first-order chi connectivity index (χ1) is 12.4. The Balaban J connectivity index is 0.00000625. The van der Waals surface area contributed by atoms with Gasteiger partial charge in [0.25, 0.3) is 0 Å². The number of rotatable bonds is 13. The molecular formula is C19H40IN3O3. The maximum absolute atomic E-state index is 6.01. The summed E-state index contributed by atoms with van der Waals surface area (Å²) < 4.78 is 16.4. The predicted octanol–water partition coefficient (Wildman–Crippen LogP) is 3.34. The van der Waals surface area contributed by atoms with Gasteiger partial charge in [-0.3, -0.25) is 4.99 Å². The Kier molecular flexibility index (Phi) is 19.5. The third-order valence-corrected chi connectivity index (χ3v) is 4.29. The number of nitrogens with zero attached hydrogens (tertiary/aromatic N) is 1. The van der Waals surface area contributed by atoms with Gasteiger partial charge in [0.2, 0.25) is 0 Å². The van der Waals surface area contributed by atoms with E-state index in [2.05, 4.69) is 22.5 Å². The Bertz CT molecular complexity index is 325. The van der Waals surface area contributed by atoms with Crippen molar-refractivity contribution in [1.29, 1.82) is 0 Å². The molecule has 0 amide bonds. The van der Waals surface area contributed by atoms with Crippen LogP contribution < -0.4 is 10.6 Å². The number of hydrogen-bond acceptors (Lipinski definition) is 4. The molecule has 0 saturated heterocycles. The van der Waals surface area contributed by atoms with Crippen LogP contribution in [0.1, 0.15) is 58.3 Å². The van der Waals surface area contributed by atoms with Crippen LogP contribution in [0.4, 0.5) is 0 Å². The highest BCUT2D eigenvalue weighted by atomic mass is 127. The largest absolute Gasteiger partial charge is 0.382 e. The molecule has 0 unspecified atom stereocenters. The second-order valence-electron chi connectivity index (χ2n) is 6.48. The molecule has 1 aliphatic rings. The highest BCUT2D eigenvalue weighted by Crippen LogP contribution is 2.19. The van der Waals surface area contributed by atoms with Gasteiger partial charge in [-0.1, -0.05) is 25.7 Å². The first-order valence-corrected chi connectivity index (χ1v) is 10.1. The van der Waals surface area contributed by atoms with Crippen LogP contribution >= 0.6 is 24.0 Å². The summed E-state index contributed by atoms with van der Waals surface area (Å²) in [6, 6.07) is 0. The average molecular weight is 485 g/mol. The molecular weight excluding hydrogens is 445 g/mol. The predicted molar refractivity (Wildman–Crippen MR) is 119 cm³/mol. The van der Waals surface area contributed by atoms with Gasteiger partial charge in [-0.25, -0.2) is 0 Å². The molecule has 0 aromatic rings. The maximum Gasteiger partial charge on any atom is 0.191 e. The topological polar surface area (TPSA) is 64.1 Å². The van der Waals surface area contributed by atoms with Gasteiger partial charge < -0.3 is 24.8 Å². The minimum absolute atomic E-state index is 0. The number of guanidine groups is 1. The van der Waals surface area contributed by atoms with Gasteiger partial charge in [-0.2, -0.15) is 0 Å². The molecule has 7 heteroatoms. The van der Waals surface area contributed by atoms with E-state index in [-0.39, 0.29) is 24.0 Å². The zero-order valence-corrected chi connectivity index (χ0v) is 19.1. The molecule has 0 radical (unpaired) electrons. The van der Waals surface area contributed by atoms with Crippen LogP contribution in [0, 0.1) is 0 Å². The van der Waals surface area contributed by atoms with Crippen molar-refractivity contribution in [3.05, 3.63) is 0 Å². The van der Waals surface area contributed by atoms with Gasteiger partial charge in [-0.05, 0) is 32.6 Å². The number of hydrogen-bond donors (Lipinski definition) is 2. The van der Waals surface area contributed by atoms with Crippen LogP contribution in [-0.4, -0.2) is 65.2 Å². The number of nitrogens with one attached hydrogen (secondary N) is 2. The van der Waals surface area contributed by atoms with Crippen molar-refractivity contribution >= 4 is 29.9 Å².